The zero-order valence-corrected chi connectivity index (χ0v) is 23.3. The Labute approximate surface area is 225 Å². The van der Waals surface area contributed by atoms with Gasteiger partial charge >= 0.3 is 11.9 Å². The summed E-state index contributed by atoms with van der Waals surface area (Å²) in [4.78, 5) is 42.8. The van der Waals surface area contributed by atoms with Crippen LogP contribution in [0.15, 0.2) is 48.5 Å². The second-order valence-electron chi connectivity index (χ2n) is 7.54. The zero-order valence-electron chi connectivity index (χ0n) is 21.7. The average molecular weight is 583 g/mol. The molecule has 2 aromatic carbocycles. The fourth-order valence-corrected chi connectivity index (χ4v) is 2.89. The van der Waals surface area contributed by atoms with Gasteiger partial charge in [0.1, 0.15) is 0 Å². The monoisotopic (exact) mass is 582 g/mol. The molecule has 0 spiro atoms. The van der Waals surface area contributed by atoms with Crippen molar-refractivity contribution < 1.29 is 28.9 Å². The van der Waals surface area contributed by atoms with Crippen LogP contribution in [0.4, 0.5) is 11.4 Å². The van der Waals surface area contributed by atoms with E-state index in [1.165, 1.54) is 30.7 Å². The number of ether oxygens (including phenoxy) is 2. The first-order chi connectivity index (χ1) is 17.6. The lowest BCUT2D eigenvalue weighted by atomic mass is 9.94. The van der Waals surface area contributed by atoms with Gasteiger partial charge in [0.05, 0.1) is 35.4 Å². The highest BCUT2D eigenvalue weighted by molar-refractivity contribution is 9.09. The molecule has 11 heteroatoms. The van der Waals surface area contributed by atoms with Gasteiger partial charge in [-0.25, -0.2) is 0 Å². The number of alkyl halides is 1. The van der Waals surface area contributed by atoms with Crippen molar-refractivity contribution >= 4 is 39.2 Å². The number of benzene rings is 2. The molecule has 0 amide bonds. The molecule has 0 N–H and O–H groups in total. The molecule has 0 aliphatic heterocycles. The third kappa shape index (κ3) is 14.1. The van der Waals surface area contributed by atoms with Gasteiger partial charge in [-0.2, -0.15) is 0 Å². The minimum absolute atomic E-state index is 0.0163. The summed E-state index contributed by atoms with van der Waals surface area (Å²) in [6.07, 6.45) is 2.91. The van der Waals surface area contributed by atoms with Gasteiger partial charge in [-0.3, -0.25) is 29.8 Å². The molecule has 10 nitrogen and oxygen atoms in total. The van der Waals surface area contributed by atoms with E-state index in [1.807, 2.05) is 6.92 Å². The summed E-state index contributed by atoms with van der Waals surface area (Å²) >= 11 is 3.25. The average Bonchev–Trinajstić information content (AvgIpc) is 2.88. The predicted molar refractivity (Wildman–Crippen MR) is 145 cm³/mol. The summed E-state index contributed by atoms with van der Waals surface area (Å²) in [6, 6.07) is 11.9. The van der Waals surface area contributed by atoms with E-state index in [0.29, 0.717) is 25.2 Å². The topological polar surface area (TPSA) is 139 Å². The summed E-state index contributed by atoms with van der Waals surface area (Å²) in [7, 11) is 0. The highest BCUT2D eigenvalue weighted by Crippen LogP contribution is 2.25. The predicted octanol–water partition coefficient (Wildman–Crippen LogP) is 6.53. The molecule has 0 heterocycles. The Bertz CT molecular complexity index is 964. The molecule has 0 saturated carbocycles. The van der Waals surface area contributed by atoms with Crippen LogP contribution < -0.4 is 0 Å². The first-order valence-electron chi connectivity index (χ1n) is 12.0. The molecule has 37 heavy (non-hydrogen) atoms. The minimum Gasteiger partial charge on any atom is -0.466 e. The van der Waals surface area contributed by atoms with Gasteiger partial charge in [0.15, 0.2) is 0 Å². The van der Waals surface area contributed by atoms with Gasteiger partial charge < -0.3 is 9.47 Å². The first kappa shape index (κ1) is 33.7. The number of nitrogens with zero attached hydrogens (tertiary/aromatic N) is 2. The van der Waals surface area contributed by atoms with Gasteiger partial charge in [0.25, 0.3) is 11.4 Å². The van der Waals surface area contributed by atoms with Gasteiger partial charge in [0.2, 0.25) is 0 Å². The summed E-state index contributed by atoms with van der Waals surface area (Å²) in [5.41, 5.74) is 1.51. The summed E-state index contributed by atoms with van der Waals surface area (Å²) in [5.74, 6) is -0.935. The van der Waals surface area contributed by atoms with Crippen LogP contribution >= 0.6 is 15.9 Å². The van der Waals surface area contributed by atoms with Crippen molar-refractivity contribution in [2.45, 2.75) is 59.3 Å². The van der Waals surface area contributed by atoms with E-state index in [4.69, 9.17) is 9.47 Å². The maximum absolute atomic E-state index is 11.8. The van der Waals surface area contributed by atoms with Crippen LogP contribution in [0.5, 0.6) is 0 Å². The van der Waals surface area contributed by atoms with Crippen LogP contribution in [0, 0.1) is 20.2 Å². The second kappa shape index (κ2) is 19.8. The summed E-state index contributed by atoms with van der Waals surface area (Å²) in [5, 5.41) is 22.0. The molecule has 0 aromatic heterocycles. The van der Waals surface area contributed by atoms with E-state index < -0.39 is 9.85 Å². The van der Waals surface area contributed by atoms with Crippen molar-refractivity contribution in [1.82, 2.24) is 0 Å². The number of non-ortho nitro benzene ring substituents is 2. The molecule has 0 fully saturated rings. The molecule has 1 unspecified atom stereocenters. The Morgan fingerprint density at radius 3 is 1.65 bits per heavy atom. The van der Waals surface area contributed by atoms with E-state index in [1.54, 1.807) is 38.1 Å². The van der Waals surface area contributed by atoms with Crippen molar-refractivity contribution in [3.63, 3.8) is 0 Å². The maximum atomic E-state index is 11.8. The number of carbonyl (C=O) groups is 2. The normalized spacial score (nSPS) is 10.5. The highest BCUT2D eigenvalue weighted by atomic mass is 79.9. The number of rotatable bonds is 11. The fourth-order valence-electron chi connectivity index (χ4n) is 2.89. The largest absolute Gasteiger partial charge is 0.466 e. The number of halogens is 1. The number of hydrogen-bond acceptors (Lipinski definition) is 8. The Kier molecular flexibility index (Phi) is 18.0. The molecular weight excluding hydrogens is 548 g/mol. The van der Waals surface area contributed by atoms with Gasteiger partial charge in [-0.15, -0.1) is 0 Å². The van der Waals surface area contributed by atoms with E-state index >= 15 is 0 Å². The van der Waals surface area contributed by atoms with Crippen molar-refractivity contribution in [3.05, 3.63) is 79.9 Å². The quantitative estimate of drug-likeness (QED) is 0.126. The number of esters is 2. The number of hydrogen-bond donors (Lipinski definition) is 0. The van der Waals surface area contributed by atoms with E-state index in [9.17, 15) is 29.8 Å². The molecule has 1 atom stereocenters. The van der Waals surface area contributed by atoms with E-state index in [-0.39, 0.29) is 35.7 Å². The van der Waals surface area contributed by atoms with Crippen LogP contribution in [0.3, 0.4) is 0 Å². The second-order valence-corrected chi connectivity index (χ2v) is 8.33. The van der Waals surface area contributed by atoms with Crippen LogP contribution in [0.2, 0.25) is 0 Å². The van der Waals surface area contributed by atoms with E-state index in [0.717, 1.165) is 17.3 Å². The Hall–Kier alpha value is -3.34. The van der Waals surface area contributed by atoms with Crippen LogP contribution in [-0.2, 0) is 25.5 Å². The molecule has 0 aliphatic rings. The number of nitro groups is 2. The summed E-state index contributed by atoms with van der Waals surface area (Å²) < 4.78 is 9.77. The van der Waals surface area contributed by atoms with Gasteiger partial charge in [-0.1, -0.05) is 60.5 Å². The van der Waals surface area contributed by atoms with Crippen molar-refractivity contribution in [1.29, 1.82) is 0 Å². The Morgan fingerprint density at radius 1 is 0.811 bits per heavy atom. The summed E-state index contributed by atoms with van der Waals surface area (Å²) in [6.45, 7) is 8.29. The fraction of sp³-hybridized carbons (Fsp3) is 0.462. The lowest BCUT2D eigenvalue weighted by molar-refractivity contribution is -0.385. The smallest absolute Gasteiger partial charge is 0.313 e. The maximum Gasteiger partial charge on any atom is 0.313 e. The highest BCUT2D eigenvalue weighted by Gasteiger charge is 2.21. The molecule has 2 aromatic rings. The molecule has 2 rings (SSSR count). The molecule has 0 aliphatic carbocycles. The van der Waals surface area contributed by atoms with Crippen LogP contribution in [-0.4, -0.2) is 40.3 Å². The number of nitro benzene ring substituents is 2. The Balaban J connectivity index is 0.000000619. The molecule has 0 radical (unpaired) electrons. The zero-order chi connectivity index (χ0) is 28.2. The van der Waals surface area contributed by atoms with Crippen LogP contribution in [0.25, 0.3) is 0 Å². The van der Waals surface area contributed by atoms with Crippen molar-refractivity contribution in [2.75, 3.05) is 18.5 Å². The lowest BCUT2D eigenvalue weighted by Crippen LogP contribution is -2.15. The van der Waals surface area contributed by atoms with Crippen molar-refractivity contribution in [3.8, 4) is 0 Å². The molecular formula is C26H35BrN2O8. The van der Waals surface area contributed by atoms with Crippen molar-refractivity contribution in [2.24, 2.45) is 0 Å². The van der Waals surface area contributed by atoms with Gasteiger partial charge in [0, 0.05) is 29.6 Å². The minimum atomic E-state index is -0.478. The standard InChI is InChI=1S/C13H17NO4.C10H11NO4.C3H7Br/c1-3-5-12(13(15)18-4-2)10-6-8-11(9-7-10)14(16)17;1-2-15-10(12)7-8-3-5-9(6-4-8)11(13)14;1-2-3-4/h6-9,12H,3-5H2,1-2H3;3-6H,2,7H2,1H3;2-3H2,1H3. The Morgan fingerprint density at radius 2 is 1.27 bits per heavy atom. The molecule has 204 valence electrons. The number of carbonyl (C=O) groups excluding carboxylic acids is 2. The molecule has 0 bridgehead atoms. The third-order valence-corrected chi connectivity index (χ3v) is 5.44. The third-order valence-electron chi connectivity index (χ3n) is 4.64. The van der Waals surface area contributed by atoms with Crippen LogP contribution in [0.1, 0.15) is 64.0 Å². The van der Waals surface area contributed by atoms with E-state index in [2.05, 4.69) is 22.9 Å². The SMILES string of the molecule is CCCBr.CCCC(C(=O)OCC)c1ccc([N+](=O)[O-])cc1.CCOC(=O)Cc1ccc([N+](=O)[O-])cc1. The van der Waals surface area contributed by atoms with Gasteiger partial charge in [-0.05, 0) is 37.8 Å². The lowest BCUT2D eigenvalue weighted by Gasteiger charge is -2.14. The first-order valence-corrected chi connectivity index (χ1v) is 13.1. The molecule has 0 saturated heterocycles.